The van der Waals surface area contributed by atoms with Crippen molar-refractivity contribution in [2.45, 2.75) is 37.6 Å². The lowest BCUT2D eigenvalue weighted by Crippen LogP contribution is -2.46. The Morgan fingerprint density at radius 3 is 2.31 bits per heavy atom. The molecule has 1 saturated carbocycles. The number of ether oxygens (including phenoxy) is 1. The predicted octanol–water partition coefficient (Wildman–Crippen LogP) is 6.56. The first-order valence-corrected chi connectivity index (χ1v) is 18.3. The summed E-state index contributed by atoms with van der Waals surface area (Å²) in [5.41, 5.74) is 7.79. The summed E-state index contributed by atoms with van der Waals surface area (Å²) >= 11 is 7.05. The minimum absolute atomic E-state index is 0.165. The van der Waals surface area contributed by atoms with Crippen LogP contribution >= 0.6 is 31.9 Å². The van der Waals surface area contributed by atoms with Crippen LogP contribution in [0.25, 0.3) is 27.8 Å². The molecule has 256 valence electrons. The molecule has 3 aliphatic rings. The maximum Gasteiger partial charge on any atom is 0.345 e. The van der Waals surface area contributed by atoms with E-state index >= 15 is 0 Å². The van der Waals surface area contributed by atoms with Crippen LogP contribution in [-0.2, 0) is 17.6 Å². The summed E-state index contributed by atoms with van der Waals surface area (Å²) in [5, 5.41) is 5.14. The number of imidazole rings is 2. The summed E-state index contributed by atoms with van der Waals surface area (Å²) in [5.74, 6) is -0.0445. The summed E-state index contributed by atoms with van der Waals surface area (Å²) < 4.78 is 9.68. The summed E-state index contributed by atoms with van der Waals surface area (Å²) in [6.45, 7) is 4.81. The van der Waals surface area contributed by atoms with Gasteiger partial charge in [0, 0.05) is 47.0 Å². The molecule has 0 bridgehead atoms. The van der Waals surface area contributed by atoms with Crippen LogP contribution in [0, 0.1) is 0 Å². The van der Waals surface area contributed by atoms with Crippen LogP contribution < -0.4 is 4.74 Å². The van der Waals surface area contributed by atoms with Crippen molar-refractivity contribution in [1.82, 2.24) is 39.5 Å². The van der Waals surface area contributed by atoms with Gasteiger partial charge in [0.2, 0.25) is 5.91 Å². The molecular weight excluding hydrogens is 780 g/mol. The van der Waals surface area contributed by atoms with Gasteiger partial charge in [-0.25, -0.2) is 19.4 Å². The van der Waals surface area contributed by atoms with Crippen LogP contribution in [0.15, 0.2) is 76.7 Å². The molecule has 2 aliphatic heterocycles. The lowest BCUT2D eigenvalue weighted by atomic mass is 9.94. The first kappa shape index (κ1) is 31.9. The van der Waals surface area contributed by atoms with E-state index in [2.05, 4.69) is 64.4 Å². The van der Waals surface area contributed by atoms with Crippen LogP contribution in [0.5, 0.6) is 5.75 Å². The van der Waals surface area contributed by atoms with E-state index in [1.54, 1.807) is 35.8 Å². The van der Waals surface area contributed by atoms with E-state index in [1.165, 1.54) is 6.08 Å². The normalized spacial score (nSPS) is 17.0. The lowest BCUT2D eigenvalue weighted by Gasteiger charge is -2.38. The number of amides is 2. The monoisotopic (exact) mass is 808 g/mol. The Kier molecular flexibility index (Phi) is 7.69. The average Bonchev–Trinajstić information content (AvgIpc) is 3.52. The van der Waals surface area contributed by atoms with Crippen molar-refractivity contribution in [2.75, 3.05) is 19.6 Å². The minimum atomic E-state index is -0.513. The molecule has 1 aliphatic carbocycles. The Morgan fingerprint density at radius 1 is 0.902 bits per heavy atom. The van der Waals surface area contributed by atoms with Crippen molar-refractivity contribution in [3.63, 3.8) is 0 Å². The molecule has 12 nitrogen and oxygen atoms in total. The van der Waals surface area contributed by atoms with E-state index in [4.69, 9.17) is 9.84 Å². The first-order valence-electron chi connectivity index (χ1n) is 16.7. The molecule has 0 radical (unpaired) electrons. The Labute approximate surface area is 308 Å². The molecule has 1 fully saturated rings. The fraction of sp³-hybridized carbons (Fsp3) is 0.243. The van der Waals surface area contributed by atoms with Crippen molar-refractivity contribution in [1.29, 1.82) is 0 Å². The van der Waals surface area contributed by atoms with Crippen molar-refractivity contribution < 1.29 is 19.1 Å². The van der Waals surface area contributed by atoms with Gasteiger partial charge in [-0.05, 0) is 98.7 Å². The van der Waals surface area contributed by atoms with Gasteiger partial charge in [-0.1, -0.05) is 12.6 Å². The number of nitrogens with one attached hydrogen (secondary N) is 2. The average molecular weight is 811 g/mol. The Bertz CT molecular complexity index is 2440. The van der Waals surface area contributed by atoms with E-state index in [0.29, 0.717) is 76.5 Å². The number of esters is 1. The topological polar surface area (TPSA) is 142 Å². The van der Waals surface area contributed by atoms with E-state index in [-0.39, 0.29) is 18.4 Å². The maximum atomic E-state index is 14.4. The zero-order valence-electron chi connectivity index (χ0n) is 27.2. The quantitative estimate of drug-likeness (QED) is 0.110. The molecule has 0 spiro atoms. The zero-order chi connectivity index (χ0) is 35.0. The van der Waals surface area contributed by atoms with Crippen LogP contribution in [-0.4, -0.2) is 76.9 Å². The van der Waals surface area contributed by atoms with Crippen molar-refractivity contribution in [2.24, 2.45) is 0 Å². The minimum Gasteiger partial charge on any atom is -0.421 e. The third kappa shape index (κ3) is 5.30. The molecule has 51 heavy (non-hydrogen) atoms. The number of carbonyl (C=O) groups is 3. The number of aromatic nitrogens is 6. The third-order valence-electron chi connectivity index (χ3n) is 10.1. The van der Waals surface area contributed by atoms with Gasteiger partial charge >= 0.3 is 5.97 Å². The van der Waals surface area contributed by atoms with E-state index in [1.807, 2.05) is 27.8 Å². The highest BCUT2D eigenvalue weighted by Gasteiger charge is 2.41. The summed E-state index contributed by atoms with van der Waals surface area (Å²) in [4.78, 5) is 59.8. The molecule has 3 aromatic heterocycles. The summed E-state index contributed by atoms with van der Waals surface area (Å²) in [7, 11) is 0. The largest absolute Gasteiger partial charge is 0.421 e. The Hall–Kier alpha value is -5.08. The molecule has 5 heterocycles. The van der Waals surface area contributed by atoms with E-state index in [9.17, 15) is 14.4 Å². The SMILES string of the molecule is C=CC(=O)N1CCc2nn(-c3ccc(C4CC4)cc3OC(=O)c3ccc(Br)c4nc[nH]c34)c3c2C(C1)N(C(=O)c1ccc(Br)c2nc[nH]c12)CC3. The predicted molar refractivity (Wildman–Crippen MR) is 196 cm³/mol. The van der Waals surface area contributed by atoms with Crippen molar-refractivity contribution in [3.8, 4) is 11.4 Å². The molecule has 14 heteroatoms. The van der Waals surface area contributed by atoms with Gasteiger partial charge in [0.25, 0.3) is 5.91 Å². The van der Waals surface area contributed by atoms with Crippen LogP contribution in [0.4, 0.5) is 0 Å². The standard InChI is InChI=1S/C37H30Br2N8O4/c1-2-30(48)45-13-11-25-31-27(12-14-46(28(31)16-45)36(49)21-6-8-23(38)34-32(21)40-17-42-34)47(44-25)26-10-5-20(19-3-4-19)15-29(26)51-37(50)22-7-9-24(39)35-33(22)41-18-43-35/h2,5-10,15,17-19,28H,1,3-4,11-14,16H2,(H,40,42)(H,41,43). The molecule has 1 atom stereocenters. The smallest absolute Gasteiger partial charge is 0.345 e. The molecule has 1 unspecified atom stereocenters. The number of hydrogen-bond acceptors (Lipinski definition) is 7. The maximum absolute atomic E-state index is 14.4. The number of hydrogen-bond donors (Lipinski definition) is 2. The second-order valence-corrected chi connectivity index (χ2v) is 14.8. The van der Waals surface area contributed by atoms with Gasteiger partial charge in [-0.15, -0.1) is 0 Å². The number of rotatable bonds is 6. The Morgan fingerprint density at radius 2 is 1.61 bits per heavy atom. The number of fused-ring (bicyclic) bond motifs is 2. The number of nitrogens with zero attached hydrogens (tertiary/aromatic N) is 6. The first-order chi connectivity index (χ1) is 24.8. The zero-order valence-corrected chi connectivity index (χ0v) is 30.3. The van der Waals surface area contributed by atoms with Gasteiger partial charge in [0.15, 0.2) is 5.75 Å². The number of benzene rings is 3. The molecule has 2 N–H and O–H groups in total. The highest BCUT2D eigenvalue weighted by atomic mass is 79.9. The Balaban J connectivity index is 1.14. The van der Waals surface area contributed by atoms with Crippen molar-refractivity contribution >= 4 is 71.7 Å². The second kappa shape index (κ2) is 12.3. The van der Waals surface area contributed by atoms with E-state index in [0.717, 1.165) is 44.3 Å². The molecule has 9 rings (SSSR count). The summed E-state index contributed by atoms with van der Waals surface area (Å²) in [6, 6.07) is 12.7. The van der Waals surface area contributed by atoms with Gasteiger partial charge in [0.05, 0.1) is 52.2 Å². The molecule has 0 saturated heterocycles. The molecule has 3 aromatic carbocycles. The lowest BCUT2D eigenvalue weighted by molar-refractivity contribution is -0.126. The number of aromatic amines is 2. The highest BCUT2D eigenvalue weighted by Crippen LogP contribution is 2.44. The van der Waals surface area contributed by atoms with Gasteiger partial charge in [0.1, 0.15) is 16.7 Å². The van der Waals surface area contributed by atoms with Gasteiger partial charge in [-0.2, -0.15) is 5.10 Å². The number of carbonyl (C=O) groups excluding carboxylic acids is 3. The third-order valence-corrected chi connectivity index (χ3v) is 11.4. The second-order valence-electron chi connectivity index (χ2n) is 13.1. The fourth-order valence-electron chi connectivity index (χ4n) is 7.48. The van der Waals surface area contributed by atoms with Crippen LogP contribution in [0.1, 0.15) is 68.0 Å². The van der Waals surface area contributed by atoms with Crippen LogP contribution in [0.3, 0.4) is 0 Å². The van der Waals surface area contributed by atoms with E-state index < -0.39 is 12.0 Å². The fourth-order valence-corrected chi connectivity index (χ4v) is 8.35. The number of H-pyrrole nitrogens is 2. The van der Waals surface area contributed by atoms with Crippen molar-refractivity contribution in [3.05, 3.63) is 110 Å². The molecular formula is C37H30Br2N8O4. The van der Waals surface area contributed by atoms with Gasteiger partial charge in [-0.3, -0.25) is 9.59 Å². The van der Waals surface area contributed by atoms with Crippen LogP contribution in [0.2, 0.25) is 0 Å². The highest BCUT2D eigenvalue weighted by molar-refractivity contribution is 9.11. The van der Waals surface area contributed by atoms with Gasteiger partial charge < -0.3 is 24.5 Å². The molecule has 2 amide bonds. The number of halogens is 2. The molecule has 6 aromatic rings. The summed E-state index contributed by atoms with van der Waals surface area (Å²) in [6.07, 6.45) is 7.60.